The Hall–Kier alpha value is 0.790. The first-order valence-corrected chi connectivity index (χ1v) is 7.18. The summed E-state index contributed by atoms with van der Waals surface area (Å²) in [5, 5.41) is 0. The molecule has 0 aromatic carbocycles. The third-order valence-electron chi connectivity index (χ3n) is 1.64. The van der Waals surface area contributed by atoms with E-state index < -0.39 is 12.8 Å². The molecule has 1 aliphatic rings. The van der Waals surface area contributed by atoms with Gasteiger partial charge in [0.15, 0.2) is 0 Å². The molecule has 1 heterocycles. The molecule has 0 aromatic heterocycles. The zero-order chi connectivity index (χ0) is 9.90. The standard InChI is InChI=1S/C6H9F3INOS/c7-6(8,9)3-12-5-1-11(2-5)4-13-10/h5H,1-4H2. The van der Waals surface area contributed by atoms with Crippen LogP contribution in [0.1, 0.15) is 0 Å². The highest BCUT2D eigenvalue weighted by atomic mass is 127. The van der Waals surface area contributed by atoms with Crippen LogP contribution in [0, 0.1) is 0 Å². The van der Waals surface area contributed by atoms with Gasteiger partial charge in [0, 0.05) is 13.1 Å². The molecule has 0 radical (unpaired) electrons. The lowest BCUT2D eigenvalue weighted by Crippen LogP contribution is -2.52. The molecule has 0 bridgehead atoms. The van der Waals surface area contributed by atoms with Gasteiger partial charge in [-0.25, -0.2) is 0 Å². The summed E-state index contributed by atoms with van der Waals surface area (Å²) in [7, 11) is 1.63. The van der Waals surface area contributed by atoms with Gasteiger partial charge in [0.05, 0.1) is 12.0 Å². The number of nitrogens with zero attached hydrogens (tertiary/aromatic N) is 1. The number of rotatable bonds is 4. The predicted octanol–water partition coefficient (Wildman–Crippen LogP) is 2.29. The Morgan fingerprint density at radius 1 is 1.46 bits per heavy atom. The highest BCUT2D eigenvalue weighted by molar-refractivity contribution is 14.2. The molecule has 0 aromatic rings. The Morgan fingerprint density at radius 2 is 2.08 bits per heavy atom. The smallest absolute Gasteiger partial charge is 0.366 e. The molecule has 1 fully saturated rings. The van der Waals surface area contributed by atoms with Gasteiger partial charge in [-0.05, 0) is 21.2 Å². The van der Waals surface area contributed by atoms with E-state index >= 15 is 0 Å². The van der Waals surface area contributed by atoms with Crippen molar-refractivity contribution in [3.8, 4) is 0 Å². The van der Waals surface area contributed by atoms with Crippen molar-refractivity contribution in [3.63, 3.8) is 0 Å². The number of ether oxygens (including phenoxy) is 1. The molecule has 0 aliphatic carbocycles. The molecule has 13 heavy (non-hydrogen) atoms. The van der Waals surface area contributed by atoms with Gasteiger partial charge in [0.2, 0.25) is 0 Å². The third-order valence-corrected chi connectivity index (χ3v) is 2.94. The molecule has 0 spiro atoms. The fourth-order valence-corrected chi connectivity index (χ4v) is 2.55. The van der Waals surface area contributed by atoms with Gasteiger partial charge in [-0.2, -0.15) is 13.2 Å². The topological polar surface area (TPSA) is 12.5 Å². The molecule has 0 saturated carbocycles. The Bertz CT molecular complexity index is 162. The first kappa shape index (κ1) is 11.9. The monoisotopic (exact) mass is 327 g/mol. The lowest BCUT2D eigenvalue weighted by atomic mass is 10.2. The highest BCUT2D eigenvalue weighted by Crippen LogP contribution is 2.22. The number of hydrogen-bond acceptors (Lipinski definition) is 3. The quantitative estimate of drug-likeness (QED) is 0.735. The maximum atomic E-state index is 11.7. The van der Waals surface area contributed by atoms with E-state index in [-0.39, 0.29) is 6.10 Å². The van der Waals surface area contributed by atoms with Crippen molar-refractivity contribution >= 4 is 30.1 Å². The molecule has 0 unspecified atom stereocenters. The van der Waals surface area contributed by atoms with E-state index in [1.165, 1.54) is 0 Å². The normalized spacial score (nSPS) is 20.3. The van der Waals surface area contributed by atoms with Crippen LogP contribution in [0.3, 0.4) is 0 Å². The summed E-state index contributed by atoms with van der Waals surface area (Å²) >= 11 is 2.16. The molecular formula is C6H9F3INOS. The zero-order valence-corrected chi connectivity index (χ0v) is 9.66. The van der Waals surface area contributed by atoms with Crippen molar-refractivity contribution in [2.45, 2.75) is 12.3 Å². The van der Waals surface area contributed by atoms with E-state index in [1.54, 1.807) is 8.93 Å². The summed E-state index contributed by atoms with van der Waals surface area (Å²) in [6.45, 7) is 0.112. The van der Waals surface area contributed by atoms with E-state index in [2.05, 4.69) is 25.9 Å². The van der Waals surface area contributed by atoms with Gasteiger partial charge < -0.3 is 4.74 Å². The molecular weight excluding hydrogens is 318 g/mol. The molecule has 1 saturated heterocycles. The van der Waals surface area contributed by atoms with E-state index in [4.69, 9.17) is 0 Å². The van der Waals surface area contributed by atoms with Crippen LogP contribution in [0.25, 0.3) is 0 Å². The van der Waals surface area contributed by atoms with Crippen LogP contribution in [-0.4, -0.2) is 42.8 Å². The number of likely N-dealkylation sites (tertiary alicyclic amines) is 1. The molecule has 1 aliphatic heterocycles. The number of hydrogen-bond donors (Lipinski definition) is 0. The summed E-state index contributed by atoms with van der Waals surface area (Å²) in [5.74, 6) is 0.854. The Balaban J connectivity index is 2.02. The molecule has 0 atom stereocenters. The van der Waals surface area contributed by atoms with E-state index in [0.717, 1.165) is 5.88 Å². The van der Waals surface area contributed by atoms with Crippen LogP contribution in [0.15, 0.2) is 0 Å². The molecule has 1 rings (SSSR count). The lowest BCUT2D eigenvalue weighted by Gasteiger charge is -2.38. The van der Waals surface area contributed by atoms with E-state index in [0.29, 0.717) is 13.1 Å². The average Bonchev–Trinajstić information content (AvgIpc) is 1.91. The van der Waals surface area contributed by atoms with Crippen LogP contribution < -0.4 is 0 Å². The van der Waals surface area contributed by atoms with Crippen LogP contribution >= 0.6 is 30.1 Å². The van der Waals surface area contributed by atoms with Crippen molar-refractivity contribution in [2.24, 2.45) is 0 Å². The maximum absolute atomic E-state index is 11.7. The molecule has 0 N–H and O–H groups in total. The minimum atomic E-state index is -4.20. The number of alkyl halides is 3. The lowest BCUT2D eigenvalue weighted by molar-refractivity contribution is -0.198. The largest absolute Gasteiger partial charge is 0.411 e. The molecule has 7 heteroatoms. The van der Waals surface area contributed by atoms with Gasteiger partial charge >= 0.3 is 6.18 Å². The summed E-state index contributed by atoms with van der Waals surface area (Å²) in [6, 6.07) is 0. The Kier molecular flexibility index (Phi) is 4.59. The minimum absolute atomic E-state index is 0.231. The van der Waals surface area contributed by atoms with Crippen molar-refractivity contribution in [1.29, 1.82) is 0 Å². The van der Waals surface area contributed by atoms with E-state index in [1.807, 2.05) is 4.90 Å². The third kappa shape index (κ3) is 4.71. The van der Waals surface area contributed by atoms with Crippen molar-refractivity contribution in [1.82, 2.24) is 4.90 Å². The Morgan fingerprint density at radius 3 is 2.54 bits per heavy atom. The predicted molar refractivity (Wildman–Crippen MR) is 53.8 cm³/mol. The summed E-state index contributed by atoms with van der Waals surface area (Å²) < 4.78 is 39.7. The van der Waals surface area contributed by atoms with Gasteiger partial charge in [-0.1, -0.05) is 8.93 Å². The average molecular weight is 327 g/mol. The molecule has 2 nitrogen and oxygen atoms in total. The first-order valence-electron chi connectivity index (χ1n) is 3.65. The van der Waals surface area contributed by atoms with Gasteiger partial charge in [-0.3, -0.25) is 4.90 Å². The van der Waals surface area contributed by atoms with Gasteiger partial charge in [-0.15, -0.1) is 0 Å². The summed E-state index contributed by atoms with van der Waals surface area (Å²) in [4.78, 5) is 2.04. The van der Waals surface area contributed by atoms with Crippen molar-refractivity contribution in [2.75, 3.05) is 25.6 Å². The molecule has 78 valence electrons. The summed E-state index contributed by atoms with van der Waals surface area (Å²) in [5.41, 5.74) is 0. The second kappa shape index (κ2) is 5.04. The summed E-state index contributed by atoms with van der Waals surface area (Å²) in [6.07, 6.45) is -4.43. The van der Waals surface area contributed by atoms with Crippen LogP contribution in [-0.2, 0) is 4.74 Å². The zero-order valence-electron chi connectivity index (χ0n) is 6.68. The van der Waals surface area contributed by atoms with E-state index in [9.17, 15) is 13.2 Å². The number of halogens is 4. The first-order chi connectivity index (χ1) is 6.01. The molecule has 0 amide bonds. The van der Waals surface area contributed by atoms with Crippen molar-refractivity contribution in [3.05, 3.63) is 0 Å². The second-order valence-electron chi connectivity index (χ2n) is 2.82. The van der Waals surface area contributed by atoms with Gasteiger partial charge in [0.1, 0.15) is 6.61 Å². The van der Waals surface area contributed by atoms with Crippen molar-refractivity contribution < 1.29 is 17.9 Å². The van der Waals surface area contributed by atoms with Gasteiger partial charge in [0.25, 0.3) is 0 Å². The Labute approximate surface area is 90.8 Å². The highest BCUT2D eigenvalue weighted by Gasteiger charge is 2.33. The maximum Gasteiger partial charge on any atom is 0.411 e. The van der Waals surface area contributed by atoms with Crippen LogP contribution in [0.4, 0.5) is 13.2 Å². The fraction of sp³-hybridized carbons (Fsp3) is 1.00. The fourth-order valence-electron chi connectivity index (χ4n) is 1.01. The second-order valence-corrected chi connectivity index (χ2v) is 5.17. The SMILES string of the molecule is FC(F)(F)COC1CN(CSI)C1. The van der Waals surface area contributed by atoms with Crippen LogP contribution in [0.5, 0.6) is 0 Å². The minimum Gasteiger partial charge on any atom is -0.366 e. The van der Waals surface area contributed by atoms with Crippen LogP contribution in [0.2, 0.25) is 0 Å².